The molecular weight excluding hydrogens is 284 g/mol. The van der Waals surface area contributed by atoms with Gasteiger partial charge < -0.3 is 4.74 Å². The normalized spacial score (nSPS) is 10.8. The van der Waals surface area contributed by atoms with Crippen LogP contribution in [0.15, 0.2) is 47.0 Å². The SMILES string of the molecule is COc1ccc(C(=O)C=CSc2nc(C)cc(C)n2)cc1. The molecule has 4 nitrogen and oxygen atoms in total. The molecule has 2 aromatic rings. The lowest BCUT2D eigenvalue weighted by atomic mass is 10.1. The number of allylic oxidation sites excluding steroid dienone is 1. The maximum Gasteiger partial charge on any atom is 0.192 e. The third-order valence-electron chi connectivity index (χ3n) is 2.73. The van der Waals surface area contributed by atoms with Gasteiger partial charge in [0.2, 0.25) is 0 Å². The predicted octanol–water partition coefficient (Wildman–Crippen LogP) is 3.59. The minimum Gasteiger partial charge on any atom is -0.497 e. The quantitative estimate of drug-likeness (QED) is 0.365. The molecule has 1 aromatic carbocycles. The molecule has 0 atom stereocenters. The molecule has 0 aliphatic rings. The molecular formula is C16H16N2O2S. The van der Waals surface area contributed by atoms with Crippen molar-refractivity contribution >= 4 is 17.5 Å². The van der Waals surface area contributed by atoms with Gasteiger partial charge in [-0.3, -0.25) is 4.79 Å². The van der Waals surface area contributed by atoms with E-state index in [1.165, 1.54) is 17.8 Å². The van der Waals surface area contributed by atoms with Crippen LogP contribution in [0.2, 0.25) is 0 Å². The average Bonchev–Trinajstić information content (AvgIpc) is 2.46. The fourth-order valence-electron chi connectivity index (χ4n) is 1.75. The van der Waals surface area contributed by atoms with Crippen LogP contribution < -0.4 is 4.74 Å². The third-order valence-corrected chi connectivity index (χ3v) is 3.39. The highest BCUT2D eigenvalue weighted by Crippen LogP contribution is 2.17. The van der Waals surface area contributed by atoms with Gasteiger partial charge in [0.05, 0.1) is 7.11 Å². The van der Waals surface area contributed by atoms with E-state index in [-0.39, 0.29) is 5.78 Å². The highest BCUT2D eigenvalue weighted by molar-refractivity contribution is 8.02. The molecule has 5 heteroatoms. The fourth-order valence-corrected chi connectivity index (χ4v) is 2.46. The fraction of sp³-hybridized carbons (Fsp3) is 0.188. The number of aryl methyl sites for hydroxylation is 2. The van der Waals surface area contributed by atoms with Crippen molar-refractivity contribution in [1.82, 2.24) is 9.97 Å². The van der Waals surface area contributed by atoms with Gasteiger partial charge in [-0.2, -0.15) is 0 Å². The number of hydrogen-bond donors (Lipinski definition) is 0. The van der Waals surface area contributed by atoms with Crippen molar-refractivity contribution in [3.05, 3.63) is 58.8 Å². The van der Waals surface area contributed by atoms with Gasteiger partial charge in [0, 0.05) is 17.0 Å². The van der Waals surface area contributed by atoms with Crippen LogP contribution in [0.5, 0.6) is 5.75 Å². The summed E-state index contributed by atoms with van der Waals surface area (Å²) in [6.07, 6.45) is 1.52. The Kier molecular flexibility index (Phi) is 5.11. The molecule has 2 rings (SSSR count). The van der Waals surface area contributed by atoms with Crippen LogP contribution >= 0.6 is 11.8 Å². The molecule has 1 heterocycles. The molecule has 0 bridgehead atoms. The summed E-state index contributed by atoms with van der Waals surface area (Å²) in [5.74, 6) is 0.670. The van der Waals surface area contributed by atoms with Crippen LogP contribution in [0.3, 0.4) is 0 Å². The number of rotatable bonds is 5. The van der Waals surface area contributed by atoms with E-state index < -0.39 is 0 Å². The van der Waals surface area contributed by atoms with Crippen molar-refractivity contribution in [2.24, 2.45) is 0 Å². The number of methoxy groups -OCH3 is 1. The Bertz CT molecular complexity index is 646. The molecule has 1 aromatic heterocycles. The number of thioether (sulfide) groups is 1. The second-order valence-electron chi connectivity index (χ2n) is 4.45. The zero-order valence-corrected chi connectivity index (χ0v) is 13.0. The van der Waals surface area contributed by atoms with Crippen molar-refractivity contribution in [3.8, 4) is 5.75 Å². The zero-order valence-electron chi connectivity index (χ0n) is 12.2. The predicted molar refractivity (Wildman–Crippen MR) is 83.8 cm³/mol. The highest BCUT2D eigenvalue weighted by atomic mass is 32.2. The summed E-state index contributed by atoms with van der Waals surface area (Å²) in [6, 6.07) is 8.92. The first-order chi connectivity index (χ1) is 10.1. The van der Waals surface area contributed by atoms with Crippen LogP contribution in [0.1, 0.15) is 21.7 Å². The number of carbonyl (C=O) groups is 1. The minimum atomic E-state index is -0.0606. The minimum absolute atomic E-state index is 0.0606. The van der Waals surface area contributed by atoms with Gasteiger partial charge in [-0.15, -0.1) is 0 Å². The van der Waals surface area contributed by atoms with Crippen molar-refractivity contribution in [1.29, 1.82) is 0 Å². The summed E-state index contributed by atoms with van der Waals surface area (Å²) in [7, 11) is 1.59. The Morgan fingerprint density at radius 2 is 1.76 bits per heavy atom. The number of benzene rings is 1. The topological polar surface area (TPSA) is 52.1 Å². The number of ether oxygens (including phenoxy) is 1. The molecule has 0 spiro atoms. The van der Waals surface area contributed by atoms with Crippen LogP contribution in [-0.2, 0) is 0 Å². The third kappa shape index (κ3) is 4.43. The Balaban J connectivity index is 2.01. The van der Waals surface area contributed by atoms with Gasteiger partial charge in [0.25, 0.3) is 0 Å². The first-order valence-corrected chi connectivity index (χ1v) is 7.30. The Labute approximate surface area is 128 Å². The van der Waals surface area contributed by atoms with Crippen molar-refractivity contribution in [3.63, 3.8) is 0 Å². The maximum atomic E-state index is 12.0. The molecule has 0 aliphatic heterocycles. The molecule has 0 unspecified atom stereocenters. The van der Waals surface area contributed by atoms with Gasteiger partial charge in [0.1, 0.15) is 5.75 Å². The average molecular weight is 300 g/mol. The Morgan fingerprint density at radius 3 is 2.33 bits per heavy atom. The van der Waals surface area contributed by atoms with E-state index >= 15 is 0 Å². The van der Waals surface area contributed by atoms with Crippen LogP contribution in [0.4, 0.5) is 0 Å². The number of aromatic nitrogens is 2. The first kappa shape index (κ1) is 15.3. The van der Waals surface area contributed by atoms with Crippen molar-refractivity contribution < 1.29 is 9.53 Å². The summed E-state index contributed by atoms with van der Waals surface area (Å²) in [5.41, 5.74) is 2.45. The van der Waals surface area contributed by atoms with Gasteiger partial charge in [-0.25, -0.2) is 9.97 Å². The molecule has 0 amide bonds. The largest absolute Gasteiger partial charge is 0.497 e. The van der Waals surface area contributed by atoms with Gasteiger partial charge in [0.15, 0.2) is 10.9 Å². The van der Waals surface area contributed by atoms with E-state index in [9.17, 15) is 4.79 Å². The molecule has 108 valence electrons. The number of nitrogens with zero attached hydrogens (tertiary/aromatic N) is 2. The molecule has 0 N–H and O–H groups in total. The van der Waals surface area contributed by atoms with Crippen LogP contribution in [0, 0.1) is 13.8 Å². The van der Waals surface area contributed by atoms with Crippen molar-refractivity contribution in [2.45, 2.75) is 19.0 Å². The van der Waals surface area contributed by atoms with E-state index in [4.69, 9.17) is 4.74 Å². The van der Waals surface area contributed by atoms with E-state index in [1.807, 2.05) is 19.9 Å². The van der Waals surface area contributed by atoms with E-state index in [2.05, 4.69) is 9.97 Å². The second-order valence-corrected chi connectivity index (χ2v) is 5.32. The number of carbonyl (C=O) groups excluding carboxylic acids is 1. The lowest BCUT2D eigenvalue weighted by Gasteiger charge is -2.00. The lowest BCUT2D eigenvalue weighted by Crippen LogP contribution is -1.94. The maximum absolute atomic E-state index is 12.0. The summed E-state index contributed by atoms with van der Waals surface area (Å²) in [6.45, 7) is 3.84. The second kappa shape index (κ2) is 7.04. The van der Waals surface area contributed by atoms with E-state index in [0.29, 0.717) is 10.7 Å². The summed E-state index contributed by atoms with van der Waals surface area (Å²) in [4.78, 5) is 20.6. The highest BCUT2D eigenvalue weighted by Gasteiger charge is 2.03. The zero-order chi connectivity index (χ0) is 15.2. The van der Waals surface area contributed by atoms with Gasteiger partial charge in [-0.05, 0) is 55.7 Å². The smallest absolute Gasteiger partial charge is 0.192 e. The van der Waals surface area contributed by atoms with Crippen LogP contribution in [-0.4, -0.2) is 22.9 Å². The van der Waals surface area contributed by atoms with E-state index in [1.54, 1.807) is 36.8 Å². The van der Waals surface area contributed by atoms with Gasteiger partial charge in [-0.1, -0.05) is 11.8 Å². The van der Waals surface area contributed by atoms with Gasteiger partial charge >= 0.3 is 0 Å². The monoisotopic (exact) mass is 300 g/mol. The lowest BCUT2D eigenvalue weighted by molar-refractivity contribution is 0.104. The molecule has 0 radical (unpaired) electrons. The van der Waals surface area contributed by atoms with E-state index in [0.717, 1.165) is 17.1 Å². The first-order valence-electron chi connectivity index (χ1n) is 6.42. The molecule has 0 saturated carbocycles. The number of hydrogen-bond acceptors (Lipinski definition) is 5. The standard InChI is InChI=1S/C16H16N2O2S/c1-11-10-12(2)18-16(17-11)21-9-8-15(19)13-4-6-14(20-3)7-5-13/h4-10H,1-3H3. The summed E-state index contributed by atoms with van der Waals surface area (Å²) < 4.78 is 5.06. The molecule has 0 saturated heterocycles. The summed E-state index contributed by atoms with van der Waals surface area (Å²) in [5, 5.41) is 2.35. The van der Waals surface area contributed by atoms with Crippen molar-refractivity contribution in [2.75, 3.05) is 7.11 Å². The number of ketones is 1. The Morgan fingerprint density at radius 1 is 1.14 bits per heavy atom. The molecule has 0 fully saturated rings. The molecule has 0 aliphatic carbocycles. The Hall–Kier alpha value is -2.14. The molecule has 21 heavy (non-hydrogen) atoms. The van der Waals surface area contributed by atoms with Crippen LogP contribution in [0.25, 0.3) is 0 Å². The summed E-state index contributed by atoms with van der Waals surface area (Å²) >= 11 is 1.33.